The molecule has 0 spiro atoms. The van der Waals surface area contributed by atoms with Crippen molar-refractivity contribution in [2.75, 3.05) is 6.61 Å². The number of carbonyl (C=O) groups excluding carboxylic acids is 2. The van der Waals surface area contributed by atoms with E-state index < -0.39 is 5.97 Å². The summed E-state index contributed by atoms with van der Waals surface area (Å²) < 4.78 is 10.7. The molecular formula is C16H20BrNO4. The first-order chi connectivity index (χ1) is 10.5. The van der Waals surface area contributed by atoms with E-state index in [1.165, 1.54) is 18.6 Å². The molecule has 0 radical (unpaired) electrons. The van der Waals surface area contributed by atoms with Crippen molar-refractivity contribution in [2.24, 2.45) is 5.92 Å². The number of hydrogen-bond donors (Lipinski definition) is 1. The maximum absolute atomic E-state index is 11.8. The fraction of sp³-hybridized carbons (Fsp3) is 0.500. The molecule has 1 aromatic rings. The SMILES string of the molecule is C[C@H]1CCCC[C@H]1NC(=O)COC(=O)/C=C/c1ccc(Br)o1. The maximum Gasteiger partial charge on any atom is 0.331 e. The Bertz CT molecular complexity index is 552. The van der Waals surface area contributed by atoms with Gasteiger partial charge in [-0.3, -0.25) is 4.79 Å². The molecule has 1 saturated carbocycles. The number of hydrogen-bond acceptors (Lipinski definition) is 4. The number of nitrogens with one attached hydrogen (secondary N) is 1. The lowest BCUT2D eigenvalue weighted by Crippen LogP contribution is -2.42. The van der Waals surface area contributed by atoms with Crippen molar-refractivity contribution in [3.8, 4) is 0 Å². The molecule has 1 fully saturated rings. The Labute approximate surface area is 138 Å². The third-order valence-corrected chi connectivity index (χ3v) is 4.21. The van der Waals surface area contributed by atoms with Crippen LogP contribution in [0.15, 0.2) is 27.3 Å². The third kappa shape index (κ3) is 5.33. The van der Waals surface area contributed by atoms with Crippen LogP contribution in [0, 0.1) is 5.92 Å². The minimum Gasteiger partial charge on any atom is -0.452 e. The summed E-state index contributed by atoms with van der Waals surface area (Å²) in [4.78, 5) is 23.3. The number of halogens is 1. The molecule has 1 amide bonds. The summed E-state index contributed by atoms with van der Waals surface area (Å²) in [5, 5.41) is 2.94. The maximum atomic E-state index is 11.8. The second kappa shape index (κ2) is 8.17. The summed E-state index contributed by atoms with van der Waals surface area (Å²) in [5.41, 5.74) is 0. The lowest BCUT2D eigenvalue weighted by atomic mass is 9.86. The van der Waals surface area contributed by atoms with Crippen molar-refractivity contribution in [3.05, 3.63) is 28.6 Å². The largest absolute Gasteiger partial charge is 0.452 e. The van der Waals surface area contributed by atoms with Gasteiger partial charge in [0.05, 0.1) is 0 Å². The van der Waals surface area contributed by atoms with Gasteiger partial charge < -0.3 is 14.5 Å². The Morgan fingerprint density at radius 2 is 2.18 bits per heavy atom. The van der Waals surface area contributed by atoms with E-state index in [4.69, 9.17) is 9.15 Å². The zero-order valence-corrected chi connectivity index (χ0v) is 14.1. The number of amides is 1. The van der Waals surface area contributed by atoms with Crippen LogP contribution >= 0.6 is 15.9 Å². The number of rotatable bonds is 5. The summed E-state index contributed by atoms with van der Waals surface area (Å²) in [5.74, 6) is 0.190. The fourth-order valence-corrected chi connectivity index (χ4v) is 2.85. The molecule has 0 aromatic carbocycles. The van der Waals surface area contributed by atoms with Crippen molar-refractivity contribution >= 4 is 33.9 Å². The number of esters is 1. The molecule has 22 heavy (non-hydrogen) atoms. The van der Waals surface area contributed by atoms with Crippen LogP contribution in [0.1, 0.15) is 38.4 Å². The summed E-state index contributed by atoms with van der Waals surface area (Å²) in [7, 11) is 0. The number of ether oxygens (including phenoxy) is 1. The molecule has 1 aliphatic rings. The van der Waals surface area contributed by atoms with Crippen molar-refractivity contribution in [2.45, 2.75) is 38.6 Å². The lowest BCUT2D eigenvalue weighted by molar-refractivity contribution is -0.144. The van der Waals surface area contributed by atoms with Gasteiger partial charge in [0.25, 0.3) is 5.91 Å². The third-order valence-electron chi connectivity index (χ3n) is 3.78. The van der Waals surface area contributed by atoms with E-state index in [1.807, 2.05) is 0 Å². The van der Waals surface area contributed by atoms with Gasteiger partial charge in [-0.2, -0.15) is 0 Å². The van der Waals surface area contributed by atoms with Crippen LogP contribution in [0.2, 0.25) is 0 Å². The Balaban J connectivity index is 1.71. The Morgan fingerprint density at radius 3 is 2.86 bits per heavy atom. The molecule has 120 valence electrons. The molecule has 1 aliphatic carbocycles. The highest BCUT2D eigenvalue weighted by molar-refractivity contribution is 9.10. The molecule has 2 rings (SSSR count). The van der Waals surface area contributed by atoms with Gasteiger partial charge in [-0.25, -0.2) is 4.79 Å². The molecular weight excluding hydrogens is 350 g/mol. The van der Waals surface area contributed by atoms with Crippen molar-refractivity contribution in [1.82, 2.24) is 5.32 Å². The van der Waals surface area contributed by atoms with Crippen LogP contribution < -0.4 is 5.32 Å². The lowest BCUT2D eigenvalue weighted by Gasteiger charge is -2.29. The summed E-state index contributed by atoms with van der Waals surface area (Å²) in [6, 6.07) is 3.63. The van der Waals surface area contributed by atoms with E-state index in [0.29, 0.717) is 16.3 Å². The van der Waals surface area contributed by atoms with Gasteiger partial charge in [-0.1, -0.05) is 19.8 Å². The number of carbonyl (C=O) groups is 2. The molecule has 2 atom stereocenters. The van der Waals surface area contributed by atoms with E-state index in [2.05, 4.69) is 28.2 Å². The van der Waals surface area contributed by atoms with Gasteiger partial charge in [0.1, 0.15) is 5.76 Å². The fourth-order valence-electron chi connectivity index (χ4n) is 2.53. The van der Waals surface area contributed by atoms with Gasteiger partial charge in [-0.05, 0) is 52.9 Å². The highest BCUT2D eigenvalue weighted by Crippen LogP contribution is 2.23. The highest BCUT2D eigenvalue weighted by Gasteiger charge is 2.22. The van der Waals surface area contributed by atoms with Crippen LogP contribution in [0.3, 0.4) is 0 Å². The van der Waals surface area contributed by atoms with E-state index >= 15 is 0 Å². The second-order valence-corrected chi connectivity index (χ2v) is 6.30. The monoisotopic (exact) mass is 369 g/mol. The second-order valence-electron chi connectivity index (χ2n) is 5.52. The van der Waals surface area contributed by atoms with Crippen LogP contribution in [0.25, 0.3) is 6.08 Å². The predicted molar refractivity (Wildman–Crippen MR) is 86.0 cm³/mol. The van der Waals surface area contributed by atoms with Gasteiger partial charge in [0.15, 0.2) is 11.3 Å². The zero-order chi connectivity index (χ0) is 15.9. The summed E-state index contributed by atoms with van der Waals surface area (Å²) in [6.45, 7) is 1.88. The van der Waals surface area contributed by atoms with Crippen LogP contribution in [-0.4, -0.2) is 24.5 Å². The van der Waals surface area contributed by atoms with E-state index in [-0.39, 0.29) is 18.6 Å². The average Bonchev–Trinajstić information content (AvgIpc) is 2.91. The Kier molecular flexibility index (Phi) is 6.24. The van der Waals surface area contributed by atoms with Crippen LogP contribution in [0.4, 0.5) is 0 Å². The smallest absolute Gasteiger partial charge is 0.331 e. The van der Waals surface area contributed by atoms with Gasteiger partial charge >= 0.3 is 5.97 Å². The summed E-state index contributed by atoms with van der Waals surface area (Å²) in [6.07, 6.45) is 7.21. The van der Waals surface area contributed by atoms with Gasteiger partial charge in [0, 0.05) is 12.1 Å². The van der Waals surface area contributed by atoms with E-state index in [1.54, 1.807) is 12.1 Å². The molecule has 5 nitrogen and oxygen atoms in total. The van der Waals surface area contributed by atoms with Gasteiger partial charge in [-0.15, -0.1) is 0 Å². The normalized spacial score (nSPS) is 21.7. The predicted octanol–water partition coefficient (Wildman–Crippen LogP) is 3.29. The first-order valence-corrected chi connectivity index (χ1v) is 8.23. The van der Waals surface area contributed by atoms with Crippen LogP contribution in [-0.2, 0) is 14.3 Å². The Morgan fingerprint density at radius 1 is 1.41 bits per heavy atom. The zero-order valence-electron chi connectivity index (χ0n) is 12.5. The highest BCUT2D eigenvalue weighted by atomic mass is 79.9. The summed E-state index contributed by atoms with van der Waals surface area (Å²) >= 11 is 3.17. The van der Waals surface area contributed by atoms with Crippen molar-refractivity contribution in [3.63, 3.8) is 0 Å². The van der Waals surface area contributed by atoms with Crippen LogP contribution in [0.5, 0.6) is 0 Å². The van der Waals surface area contributed by atoms with Gasteiger partial charge in [0.2, 0.25) is 0 Å². The van der Waals surface area contributed by atoms with E-state index in [0.717, 1.165) is 19.3 Å². The van der Waals surface area contributed by atoms with Crippen molar-refractivity contribution in [1.29, 1.82) is 0 Å². The molecule has 6 heteroatoms. The molecule has 0 unspecified atom stereocenters. The minimum atomic E-state index is -0.570. The van der Waals surface area contributed by atoms with Crippen molar-refractivity contribution < 1.29 is 18.7 Å². The Hall–Kier alpha value is -1.56. The topological polar surface area (TPSA) is 68.5 Å². The number of furan rings is 1. The minimum absolute atomic E-state index is 0.191. The molecule has 1 N–H and O–H groups in total. The molecule has 0 aliphatic heterocycles. The average molecular weight is 370 g/mol. The molecule has 1 aromatic heterocycles. The quantitative estimate of drug-likeness (QED) is 0.638. The first-order valence-electron chi connectivity index (χ1n) is 7.44. The molecule has 0 saturated heterocycles. The standard InChI is InChI=1S/C16H20BrNO4/c1-11-4-2-3-5-13(11)18-15(19)10-21-16(20)9-7-12-6-8-14(17)22-12/h6-9,11,13H,2-5,10H2,1H3,(H,18,19)/b9-7+/t11-,13+/m0/s1. The molecule has 0 bridgehead atoms. The van der Waals surface area contributed by atoms with E-state index in [9.17, 15) is 9.59 Å². The first kappa shape index (κ1) is 16.8. The molecule has 1 heterocycles.